The highest BCUT2D eigenvalue weighted by atomic mass is 16.6. The standard InChI is InChI=1S/C12H9N5O2/c18-17(19)12-3-8(9-4-13-14-5-9)1-2-11(12)10-6-15-16-7-10/h1-7H,(H,13,14)(H,15,16). The first-order valence-corrected chi connectivity index (χ1v) is 5.52. The Morgan fingerprint density at radius 2 is 1.68 bits per heavy atom. The average molecular weight is 255 g/mol. The van der Waals surface area contributed by atoms with Gasteiger partial charge >= 0.3 is 0 Å². The second-order valence-corrected chi connectivity index (χ2v) is 3.96. The lowest BCUT2D eigenvalue weighted by Crippen LogP contribution is -1.92. The Kier molecular flexibility index (Phi) is 2.57. The van der Waals surface area contributed by atoms with Crippen molar-refractivity contribution in [3.8, 4) is 22.3 Å². The summed E-state index contributed by atoms with van der Waals surface area (Å²) in [5.74, 6) is 0. The van der Waals surface area contributed by atoms with Crippen LogP contribution in [-0.2, 0) is 0 Å². The van der Waals surface area contributed by atoms with Crippen molar-refractivity contribution in [3.63, 3.8) is 0 Å². The predicted octanol–water partition coefficient (Wildman–Crippen LogP) is 2.37. The summed E-state index contributed by atoms with van der Waals surface area (Å²) >= 11 is 0. The zero-order valence-corrected chi connectivity index (χ0v) is 9.70. The quantitative estimate of drug-likeness (QED) is 0.554. The zero-order valence-electron chi connectivity index (χ0n) is 9.70. The van der Waals surface area contributed by atoms with Crippen LogP contribution in [0.15, 0.2) is 43.0 Å². The van der Waals surface area contributed by atoms with E-state index in [9.17, 15) is 10.1 Å². The largest absolute Gasteiger partial charge is 0.285 e. The van der Waals surface area contributed by atoms with Crippen molar-refractivity contribution in [2.45, 2.75) is 0 Å². The van der Waals surface area contributed by atoms with E-state index in [0.717, 1.165) is 11.1 Å². The van der Waals surface area contributed by atoms with Gasteiger partial charge in [0.2, 0.25) is 0 Å². The van der Waals surface area contributed by atoms with E-state index in [1.807, 2.05) is 6.07 Å². The fraction of sp³-hybridized carbons (Fsp3) is 0. The smallest absolute Gasteiger partial charge is 0.277 e. The second kappa shape index (κ2) is 4.37. The minimum Gasteiger partial charge on any atom is -0.285 e. The summed E-state index contributed by atoms with van der Waals surface area (Å²) in [6.45, 7) is 0. The highest BCUT2D eigenvalue weighted by Gasteiger charge is 2.17. The lowest BCUT2D eigenvalue weighted by molar-refractivity contribution is -0.384. The molecule has 1 aromatic carbocycles. The molecule has 7 nitrogen and oxygen atoms in total. The maximum atomic E-state index is 11.2. The van der Waals surface area contributed by atoms with Gasteiger partial charge in [0.25, 0.3) is 5.69 Å². The normalized spacial score (nSPS) is 10.5. The Hall–Kier alpha value is -2.96. The first kappa shape index (κ1) is 11.1. The summed E-state index contributed by atoms with van der Waals surface area (Å²) in [5, 5.41) is 24.2. The number of hydrogen-bond donors (Lipinski definition) is 2. The molecule has 0 fully saturated rings. The van der Waals surface area contributed by atoms with Gasteiger partial charge < -0.3 is 0 Å². The molecule has 2 heterocycles. The Labute approximate surface area is 107 Å². The molecule has 0 aliphatic carbocycles. The molecule has 0 saturated carbocycles. The van der Waals surface area contributed by atoms with E-state index in [2.05, 4.69) is 20.4 Å². The molecule has 3 aromatic rings. The first-order chi connectivity index (χ1) is 9.25. The minimum atomic E-state index is -0.397. The van der Waals surface area contributed by atoms with Crippen LogP contribution in [-0.4, -0.2) is 25.3 Å². The van der Waals surface area contributed by atoms with Crippen LogP contribution in [0.4, 0.5) is 5.69 Å². The summed E-state index contributed by atoms with van der Waals surface area (Å²) in [5.41, 5.74) is 2.81. The Morgan fingerprint density at radius 1 is 1.00 bits per heavy atom. The molecule has 0 unspecified atom stereocenters. The third-order valence-electron chi connectivity index (χ3n) is 2.84. The molecule has 0 aliphatic rings. The molecule has 3 rings (SSSR count). The summed E-state index contributed by atoms with van der Waals surface area (Å²) < 4.78 is 0. The molecule has 7 heteroatoms. The van der Waals surface area contributed by atoms with Gasteiger partial charge in [0, 0.05) is 29.6 Å². The Bertz CT molecular complexity index is 704. The molecule has 0 bridgehead atoms. The van der Waals surface area contributed by atoms with Crippen molar-refractivity contribution in [2.75, 3.05) is 0 Å². The van der Waals surface area contributed by atoms with Crippen molar-refractivity contribution in [3.05, 3.63) is 53.1 Å². The highest BCUT2D eigenvalue weighted by Crippen LogP contribution is 2.33. The van der Waals surface area contributed by atoms with Crippen LogP contribution in [0.5, 0.6) is 0 Å². The number of nitrogens with one attached hydrogen (secondary N) is 2. The molecule has 0 atom stereocenters. The van der Waals surface area contributed by atoms with E-state index < -0.39 is 4.92 Å². The second-order valence-electron chi connectivity index (χ2n) is 3.96. The lowest BCUT2D eigenvalue weighted by atomic mass is 10.0. The number of nitro benzene ring substituents is 1. The van der Waals surface area contributed by atoms with Gasteiger partial charge in [-0.1, -0.05) is 6.07 Å². The summed E-state index contributed by atoms with van der Waals surface area (Å²) in [6, 6.07) is 5.07. The molecular formula is C12H9N5O2. The summed E-state index contributed by atoms with van der Waals surface area (Å²) in [7, 11) is 0. The van der Waals surface area contributed by atoms with Crippen LogP contribution in [0.25, 0.3) is 22.3 Å². The van der Waals surface area contributed by atoms with Gasteiger partial charge in [0.15, 0.2) is 0 Å². The van der Waals surface area contributed by atoms with E-state index in [1.54, 1.807) is 30.9 Å². The van der Waals surface area contributed by atoms with Crippen molar-refractivity contribution in [2.24, 2.45) is 0 Å². The number of rotatable bonds is 3. The van der Waals surface area contributed by atoms with Gasteiger partial charge in [-0.15, -0.1) is 0 Å². The molecule has 0 spiro atoms. The molecule has 2 N–H and O–H groups in total. The summed E-state index contributed by atoms with van der Waals surface area (Å²) in [4.78, 5) is 10.8. The molecule has 0 aliphatic heterocycles. The van der Waals surface area contributed by atoms with Gasteiger partial charge in [0.05, 0.1) is 22.9 Å². The Morgan fingerprint density at radius 3 is 2.26 bits per heavy atom. The van der Waals surface area contributed by atoms with Gasteiger partial charge in [0.1, 0.15) is 0 Å². The molecule has 0 radical (unpaired) electrons. The molecule has 0 saturated heterocycles. The molecule has 19 heavy (non-hydrogen) atoms. The van der Waals surface area contributed by atoms with Gasteiger partial charge in [-0.25, -0.2) is 0 Å². The van der Waals surface area contributed by atoms with E-state index in [0.29, 0.717) is 11.1 Å². The zero-order chi connectivity index (χ0) is 13.2. The number of nitrogens with zero attached hydrogens (tertiary/aromatic N) is 3. The number of benzene rings is 1. The van der Waals surface area contributed by atoms with E-state index in [-0.39, 0.29) is 5.69 Å². The minimum absolute atomic E-state index is 0.0418. The maximum Gasteiger partial charge on any atom is 0.277 e. The highest BCUT2D eigenvalue weighted by molar-refractivity contribution is 5.77. The van der Waals surface area contributed by atoms with Gasteiger partial charge in [-0.05, 0) is 11.6 Å². The van der Waals surface area contributed by atoms with Crippen LogP contribution in [0.2, 0.25) is 0 Å². The monoisotopic (exact) mass is 255 g/mol. The van der Waals surface area contributed by atoms with Crippen LogP contribution < -0.4 is 0 Å². The van der Waals surface area contributed by atoms with E-state index in [1.165, 1.54) is 6.07 Å². The predicted molar refractivity (Wildman–Crippen MR) is 68.3 cm³/mol. The number of aromatic amines is 2. The fourth-order valence-corrected chi connectivity index (χ4v) is 1.91. The van der Waals surface area contributed by atoms with Crippen molar-refractivity contribution < 1.29 is 4.92 Å². The molecular weight excluding hydrogens is 246 g/mol. The maximum absolute atomic E-state index is 11.2. The number of aromatic nitrogens is 4. The average Bonchev–Trinajstić information content (AvgIpc) is 3.11. The van der Waals surface area contributed by atoms with E-state index in [4.69, 9.17) is 0 Å². The topological polar surface area (TPSA) is 100 Å². The van der Waals surface area contributed by atoms with Crippen molar-refractivity contribution >= 4 is 5.69 Å². The SMILES string of the molecule is O=[N+]([O-])c1cc(-c2cn[nH]c2)ccc1-c1cn[nH]c1. The van der Waals surface area contributed by atoms with Gasteiger partial charge in [-0.3, -0.25) is 20.3 Å². The third kappa shape index (κ3) is 1.97. The third-order valence-corrected chi connectivity index (χ3v) is 2.84. The Balaban J connectivity index is 2.15. The lowest BCUT2D eigenvalue weighted by Gasteiger charge is -2.03. The number of H-pyrrole nitrogens is 2. The van der Waals surface area contributed by atoms with Crippen molar-refractivity contribution in [1.82, 2.24) is 20.4 Å². The number of hydrogen-bond acceptors (Lipinski definition) is 4. The van der Waals surface area contributed by atoms with Crippen molar-refractivity contribution in [1.29, 1.82) is 0 Å². The van der Waals surface area contributed by atoms with E-state index >= 15 is 0 Å². The number of nitro groups is 1. The molecule has 94 valence electrons. The first-order valence-electron chi connectivity index (χ1n) is 5.52. The molecule has 0 amide bonds. The van der Waals surface area contributed by atoms with Gasteiger partial charge in [-0.2, -0.15) is 10.2 Å². The fourth-order valence-electron chi connectivity index (χ4n) is 1.91. The van der Waals surface area contributed by atoms with Crippen LogP contribution in [0, 0.1) is 10.1 Å². The van der Waals surface area contributed by atoms with Crippen LogP contribution in [0.3, 0.4) is 0 Å². The van der Waals surface area contributed by atoms with Crippen LogP contribution in [0.1, 0.15) is 0 Å². The van der Waals surface area contributed by atoms with Crippen LogP contribution >= 0.6 is 0 Å². The molecule has 2 aromatic heterocycles. The summed E-state index contributed by atoms with van der Waals surface area (Å²) in [6.07, 6.45) is 6.49.